The van der Waals surface area contributed by atoms with Crippen LogP contribution in [-0.2, 0) is 27.7 Å². The summed E-state index contributed by atoms with van der Waals surface area (Å²) in [5.74, 6) is -0.837. The van der Waals surface area contributed by atoms with Gasteiger partial charge in [-0.05, 0) is 72.7 Å². The molecule has 0 aliphatic heterocycles. The first-order valence-electron chi connectivity index (χ1n) is 12.0. The zero-order valence-corrected chi connectivity index (χ0v) is 22.9. The van der Waals surface area contributed by atoms with Gasteiger partial charge in [0.15, 0.2) is 0 Å². The molecule has 1 fully saturated rings. The van der Waals surface area contributed by atoms with Crippen LogP contribution in [0.2, 0.25) is 0 Å². The number of sulfonamides is 1. The molecule has 2 N–H and O–H groups in total. The molecule has 1 aliphatic rings. The van der Waals surface area contributed by atoms with Gasteiger partial charge in [-0.25, -0.2) is 22.7 Å². The Hall–Kier alpha value is -3.34. The van der Waals surface area contributed by atoms with E-state index in [0.717, 1.165) is 51.8 Å². The zero-order valence-electron chi connectivity index (χ0n) is 20.5. The van der Waals surface area contributed by atoms with Crippen molar-refractivity contribution in [2.75, 3.05) is 7.11 Å². The number of halogens is 2. The summed E-state index contributed by atoms with van der Waals surface area (Å²) in [6, 6.07) is 15.7. The van der Waals surface area contributed by atoms with Crippen molar-refractivity contribution >= 4 is 31.9 Å². The number of rotatable bonds is 8. The number of hydrogen-bond donors (Lipinski definition) is 1. The van der Waals surface area contributed by atoms with Gasteiger partial charge in [-0.2, -0.15) is 0 Å². The van der Waals surface area contributed by atoms with E-state index in [-0.39, 0.29) is 0 Å². The van der Waals surface area contributed by atoms with Crippen molar-refractivity contribution in [3.63, 3.8) is 0 Å². The van der Waals surface area contributed by atoms with Crippen LogP contribution >= 0.6 is 15.9 Å². The van der Waals surface area contributed by atoms with Gasteiger partial charge < -0.3 is 9.30 Å². The van der Waals surface area contributed by atoms with Crippen molar-refractivity contribution in [3.8, 4) is 22.4 Å². The SMILES string of the molecule is COC(=O)c1cncc(-c2cc(-c3cccc(Br)c3)n(Cc3ccc(S(N)(=O)=O)c(F)c3)c2CC2CC2)c1. The van der Waals surface area contributed by atoms with Crippen LogP contribution in [0, 0.1) is 11.7 Å². The fraction of sp³-hybridized carbons (Fsp3) is 0.214. The van der Waals surface area contributed by atoms with Gasteiger partial charge in [-0.15, -0.1) is 0 Å². The summed E-state index contributed by atoms with van der Waals surface area (Å²) in [6.45, 7) is 0.301. The van der Waals surface area contributed by atoms with Gasteiger partial charge in [0.05, 0.1) is 12.7 Å². The molecule has 7 nitrogen and oxygen atoms in total. The van der Waals surface area contributed by atoms with Crippen LogP contribution in [0.25, 0.3) is 22.4 Å². The van der Waals surface area contributed by atoms with Crippen LogP contribution in [0.3, 0.4) is 0 Å². The number of carbonyl (C=O) groups excluding carboxylic acids is 1. The lowest BCUT2D eigenvalue weighted by Crippen LogP contribution is -2.14. The Morgan fingerprint density at radius 1 is 1.13 bits per heavy atom. The Labute approximate surface area is 228 Å². The quantitative estimate of drug-likeness (QED) is 0.268. The molecule has 5 rings (SSSR count). The maximum Gasteiger partial charge on any atom is 0.339 e. The average Bonchev–Trinajstić information content (AvgIpc) is 3.64. The van der Waals surface area contributed by atoms with Gasteiger partial charge in [0.2, 0.25) is 10.0 Å². The van der Waals surface area contributed by atoms with Gasteiger partial charge in [-0.1, -0.05) is 34.1 Å². The molecule has 1 aliphatic carbocycles. The zero-order chi connectivity index (χ0) is 27.0. The standard InChI is InChI=1S/C28H25BrFN3O4S/c1-37-28(34)21-11-20(14-32-15-21)23-13-25(19-3-2-4-22(29)12-19)33(26(23)10-17-5-6-17)16-18-7-8-27(24(30)9-18)38(31,35)36/h2-4,7-9,11-15,17H,5-6,10,16H2,1H3,(H2,31,35,36). The van der Waals surface area contributed by atoms with Crippen molar-refractivity contribution in [3.05, 3.63) is 94.1 Å². The van der Waals surface area contributed by atoms with E-state index in [1.165, 1.54) is 25.4 Å². The second-order valence-corrected chi connectivity index (χ2v) is 11.8. The van der Waals surface area contributed by atoms with Crippen molar-refractivity contribution in [2.45, 2.75) is 30.7 Å². The van der Waals surface area contributed by atoms with Crippen LogP contribution < -0.4 is 5.14 Å². The highest BCUT2D eigenvalue weighted by atomic mass is 79.9. The minimum atomic E-state index is -4.17. The average molecular weight is 598 g/mol. The number of methoxy groups -OCH3 is 1. The van der Waals surface area contributed by atoms with Gasteiger partial charge in [0, 0.05) is 45.9 Å². The summed E-state index contributed by atoms with van der Waals surface area (Å²) in [4.78, 5) is 16.0. The van der Waals surface area contributed by atoms with Crippen molar-refractivity contribution in [1.82, 2.24) is 9.55 Å². The Morgan fingerprint density at radius 2 is 1.92 bits per heavy atom. The summed E-state index contributed by atoms with van der Waals surface area (Å²) in [7, 11) is -2.84. The van der Waals surface area contributed by atoms with Crippen molar-refractivity contribution in [1.29, 1.82) is 0 Å². The number of pyridine rings is 1. The molecule has 0 spiro atoms. The molecule has 0 unspecified atom stereocenters. The third-order valence-electron chi connectivity index (χ3n) is 6.62. The second kappa shape index (κ2) is 10.4. The molecular weight excluding hydrogens is 573 g/mol. The Balaban J connectivity index is 1.69. The van der Waals surface area contributed by atoms with E-state index in [1.807, 2.05) is 24.3 Å². The Morgan fingerprint density at radius 3 is 2.58 bits per heavy atom. The van der Waals surface area contributed by atoms with Crippen molar-refractivity contribution < 1.29 is 22.3 Å². The highest BCUT2D eigenvalue weighted by Gasteiger charge is 2.28. The summed E-state index contributed by atoms with van der Waals surface area (Å²) in [5, 5.41) is 5.16. The topological polar surface area (TPSA) is 104 Å². The Bertz CT molecular complexity index is 1650. The number of esters is 1. The molecule has 0 bridgehead atoms. The summed E-state index contributed by atoms with van der Waals surface area (Å²) < 4.78 is 46.1. The molecule has 4 aromatic rings. The van der Waals surface area contributed by atoms with E-state index >= 15 is 0 Å². The van der Waals surface area contributed by atoms with Gasteiger partial charge in [0.1, 0.15) is 10.7 Å². The Kier molecular flexibility index (Phi) is 7.21. The molecular formula is C28H25BrFN3O4S. The number of aromatic nitrogens is 2. The summed E-state index contributed by atoms with van der Waals surface area (Å²) in [6.07, 6.45) is 6.22. The summed E-state index contributed by atoms with van der Waals surface area (Å²) in [5.41, 5.74) is 5.51. The predicted molar refractivity (Wildman–Crippen MR) is 145 cm³/mol. The molecule has 1 saturated carbocycles. The maximum absolute atomic E-state index is 14.7. The number of hydrogen-bond acceptors (Lipinski definition) is 5. The molecule has 0 atom stereocenters. The molecule has 2 aromatic heterocycles. The highest BCUT2D eigenvalue weighted by Crippen LogP contribution is 2.40. The molecule has 38 heavy (non-hydrogen) atoms. The first-order valence-corrected chi connectivity index (χ1v) is 14.3. The van der Waals surface area contributed by atoms with Crippen molar-refractivity contribution in [2.24, 2.45) is 11.1 Å². The van der Waals surface area contributed by atoms with E-state index < -0.39 is 26.7 Å². The van der Waals surface area contributed by atoms with Gasteiger partial charge >= 0.3 is 5.97 Å². The monoisotopic (exact) mass is 597 g/mol. The summed E-state index contributed by atoms with van der Waals surface area (Å²) >= 11 is 3.55. The van der Waals surface area contributed by atoms with Crippen LogP contribution in [0.4, 0.5) is 4.39 Å². The molecule has 2 aromatic carbocycles. The molecule has 2 heterocycles. The fourth-order valence-corrected chi connectivity index (χ4v) is 5.58. The van der Waals surface area contributed by atoms with Gasteiger partial charge in [-0.3, -0.25) is 4.98 Å². The van der Waals surface area contributed by atoms with E-state index in [0.29, 0.717) is 23.6 Å². The number of ether oxygens (including phenoxy) is 1. The van der Waals surface area contributed by atoms with Gasteiger partial charge in [0.25, 0.3) is 0 Å². The third-order valence-corrected chi connectivity index (χ3v) is 8.06. The van der Waals surface area contributed by atoms with Crippen LogP contribution in [-0.4, -0.2) is 31.0 Å². The first-order chi connectivity index (χ1) is 18.1. The minimum absolute atomic E-state index is 0.301. The smallest absolute Gasteiger partial charge is 0.339 e. The minimum Gasteiger partial charge on any atom is -0.465 e. The number of nitrogens with two attached hydrogens (primary N) is 1. The third kappa shape index (κ3) is 5.57. The van der Waals surface area contributed by atoms with E-state index in [2.05, 4.69) is 31.5 Å². The number of primary sulfonamides is 1. The van der Waals surface area contributed by atoms with Crippen LogP contribution in [0.1, 0.15) is 34.5 Å². The van der Waals surface area contributed by atoms with Crippen LogP contribution in [0.15, 0.2) is 76.4 Å². The molecule has 0 radical (unpaired) electrons. The fourth-order valence-electron chi connectivity index (χ4n) is 4.59. The number of nitrogens with zero attached hydrogens (tertiary/aromatic N) is 2. The van der Waals surface area contributed by atoms with E-state index in [4.69, 9.17) is 9.88 Å². The molecule has 196 valence electrons. The first kappa shape index (κ1) is 26.3. The second-order valence-electron chi connectivity index (χ2n) is 9.40. The largest absolute Gasteiger partial charge is 0.465 e. The normalized spacial score (nSPS) is 13.5. The lowest BCUT2D eigenvalue weighted by atomic mass is 10.0. The highest BCUT2D eigenvalue weighted by molar-refractivity contribution is 9.10. The van der Waals surface area contributed by atoms with E-state index in [9.17, 15) is 17.6 Å². The molecule has 0 saturated heterocycles. The number of carbonyl (C=O) groups is 1. The molecule has 10 heteroatoms. The van der Waals surface area contributed by atoms with E-state index in [1.54, 1.807) is 18.3 Å². The number of benzene rings is 2. The molecule has 0 amide bonds. The van der Waals surface area contributed by atoms with Crippen LogP contribution in [0.5, 0.6) is 0 Å². The lowest BCUT2D eigenvalue weighted by molar-refractivity contribution is 0.0600. The predicted octanol–water partition coefficient (Wildman–Crippen LogP) is 5.55. The maximum atomic E-state index is 14.7. The lowest BCUT2D eigenvalue weighted by Gasteiger charge is -2.16.